The number of ether oxygens (including phenoxy) is 1. The van der Waals surface area contributed by atoms with E-state index in [2.05, 4.69) is 10.2 Å². The Morgan fingerprint density at radius 3 is 2.42 bits per heavy atom. The number of amides is 1. The molecule has 172 valence electrons. The number of halogens is 1. The molecule has 0 saturated carbocycles. The van der Waals surface area contributed by atoms with Crippen LogP contribution in [0.2, 0.25) is 0 Å². The first kappa shape index (κ1) is 23.0. The third-order valence-electron chi connectivity index (χ3n) is 5.54. The van der Waals surface area contributed by atoms with E-state index < -0.39 is 0 Å². The Morgan fingerprint density at radius 1 is 1.06 bits per heavy atom. The summed E-state index contributed by atoms with van der Waals surface area (Å²) in [4.78, 5) is 26.5. The smallest absolute Gasteiger partial charge is 0.309 e. The van der Waals surface area contributed by atoms with Crippen LogP contribution in [-0.2, 0) is 14.3 Å². The van der Waals surface area contributed by atoms with Crippen LogP contribution in [0.3, 0.4) is 0 Å². The van der Waals surface area contributed by atoms with Crippen LogP contribution < -0.4 is 0 Å². The highest BCUT2D eigenvalue weighted by molar-refractivity contribution is 7.99. The largest absolute Gasteiger partial charge is 0.466 e. The molecule has 7 nitrogen and oxygen atoms in total. The first-order chi connectivity index (χ1) is 16.1. The van der Waals surface area contributed by atoms with Gasteiger partial charge < -0.3 is 9.64 Å². The van der Waals surface area contributed by atoms with Crippen molar-refractivity contribution in [1.29, 1.82) is 0 Å². The van der Waals surface area contributed by atoms with Gasteiger partial charge in [0.05, 0.1) is 18.3 Å². The van der Waals surface area contributed by atoms with Crippen LogP contribution in [0.5, 0.6) is 0 Å². The van der Waals surface area contributed by atoms with Crippen molar-refractivity contribution in [3.05, 3.63) is 60.4 Å². The molecule has 0 atom stereocenters. The highest BCUT2D eigenvalue weighted by Gasteiger charge is 2.28. The monoisotopic (exact) mass is 468 g/mol. The van der Waals surface area contributed by atoms with E-state index in [0.717, 1.165) is 11.3 Å². The first-order valence-electron chi connectivity index (χ1n) is 10.9. The van der Waals surface area contributed by atoms with E-state index in [9.17, 15) is 14.0 Å². The number of nitrogens with zero attached hydrogens (tertiary/aromatic N) is 4. The Kier molecular flexibility index (Phi) is 7.39. The number of benzene rings is 2. The third-order valence-corrected chi connectivity index (χ3v) is 6.46. The molecule has 0 bridgehead atoms. The van der Waals surface area contributed by atoms with Crippen molar-refractivity contribution in [3.8, 4) is 17.1 Å². The minimum atomic E-state index is -0.323. The van der Waals surface area contributed by atoms with E-state index in [-0.39, 0.29) is 29.4 Å². The van der Waals surface area contributed by atoms with Gasteiger partial charge >= 0.3 is 5.97 Å². The highest BCUT2D eigenvalue weighted by atomic mass is 32.2. The van der Waals surface area contributed by atoms with Gasteiger partial charge in [0, 0.05) is 24.3 Å². The number of carbonyl (C=O) groups is 2. The quantitative estimate of drug-likeness (QED) is 0.386. The molecule has 0 spiro atoms. The Hall–Kier alpha value is -3.20. The molecule has 9 heteroatoms. The molecule has 1 amide bonds. The summed E-state index contributed by atoms with van der Waals surface area (Å²) in [7, 11) is 0. The standard InChI is InChI=1S/C24H25FN4O3S/c1-2-32-23(31)18-12-14-28(15-13-18)21(30)16-33-24-27-26-22(17-8-10-19(25)11-9-17)29(24)20-6-4-3-5-7-20/h3-11,18H,2,12-16H2,1H3. The second kappa shape index (κ2) is 10.6. The van der Waals surface area contributed by atoms with Gasteiger partial charge in [-0.3, -0.25) is 14.2 Å². The number of esters is 1. The van der Waals surface area contributed by atoms with Gasteiger partial charge in [0.2, 0.25) is 5.91 Å². The minimum Gasteiger partial charge on any atom is -0.466 e. The second-order valence-corrected chi connectivity index (χ2v) is 8.62. The maximum atomic E-state index is 13.4. The van der Waals surface area contributed by atoms with E-state index >= 15 is 0 Å². The summed E-state index contributed by atoms with van der Waals surface area (Å²) in [6, 6.07) is 15.7. The number of para-hydroxylation sites is 1. The van der Waals surface area contributed by atoms with Crippen LogP contribution in [0.15, 0.2) is 59.8 Å². The summed E-state index contributed by atoms with van der Waals surface area (Å²) in [5, 5.41) is 9.22. The Bertz CT molecular complexity index is 1100. The molecule has 1 aliphatic rings. The summed E-state index contributed by atoms with van der Waals surface area (Å²) < 4.78 is 20.4. The van der Waals surface area contributed by atoms with Crippen molar-refractivity contribution in [2.45, 2.75) is 24.9 Å². The number of thioether (sulfide) groups is 1. The fourth-order valence-corrected chi connectivity index (χ4v) is 4.66. The van der Waals surface area contributed by atoms with Gasteiger partial charge in [0.15, 0.2) is 11.0 Å². The van der Waals surface area contributed by atoms with Gasteiger partial charge in [-0.05, 0) is 56.2 Å². The van der Waals surface area contributed by atoms with Crippen LogP contribution in [-0.4, -0.2) is 57.0 Å². The van der Waals surface area contributed by atoms with Gasteiger partial charge in [-0.1, -0.05) is 30.0 Å². The summed E-state index contributed by atoms with van der Waals surface area (Å²) in [5.41, 5.74) is 1.58. The predicted molar refractivity (Wildman–Crippen MR) is 123 cm³/mol. The highest BCUT2D eigenvalue weighted by Crippen LogP contribution is 2.28. The maximum absolute atomic E-state index is 13.4. The summed E-state index contributed by atoms with van der Waals surface area (Å²) >= 11 is 1.31. The normalized spacial score (nSPS) is 14.3. The summed E-state index contributed by atoms with van der Waals surface area (Å²) in [6.45, 7) is 3.24. The number of hydrogen-bond donors (Lipinski definition) is 0. The number of rotatable bonds is 7. The minimum absolute atomic E-state index is 0.00625. The molecule has 2 heterocycles. The van der Waals surface area contributed by atoms with Crippen LogP contribution in [0.1, 0.15) is 19.8 Å². The zero-order chi connectivity index (χ0) is 23.2. The lowest BCUT2D eigenvalue weighted by molar-refractivity contribution is -0.151. The number of hydrogen-bond acceptors (Lipinski definition) is 6. The number of aromatic nitrogens is 3. The van der Waals surface area contributed by atoms with E-state index in [1.165, 1.54) is 23.9 Å². The lowest BCUT2D eigenvalue weighted by atomic mass is 9.97. The molecule has 0 N–H and O–H groups in total. The molecular formula is C24H25FN4O3S. The average molecular weight is 469 g/mol. The van der Waals surface area contributed by atoms with Crippen molar-refractivity contribution >= 4 is 23.6 Å². The van der Waals surface area contributed by atoms with E-state index in [1.807, 2.05) is 34.9 Å². The molecular weight excluding hydrogens is 443 g/mol. The molecule has 33 heavy (non-hydrogen) atoms. The second-order valence-electron chi connectivity index (χ2n) is 7.68. The Balaban J connectivity index is 1.47. The average Bonchev–Trinajstić information content (AvgIpc) is 3.27. The Morgan fingerprint density at radius 2 is 1.76 bits per heavy atom. The molecule has 1 fully saturated rings. The van der Waals surface area contributed by atoms with Crippen molar-refractivity contribution in [2.24, 2.45) is 5.92 Å². The van der Waals surface area contributed by atoms with Crippen molar-refractivity contribution < 1.29 is 18.7 Å². The first-order valence-corrected chi connectivity index (χ1v) is 11.9. The van der Waals surface area contributed by atoms with Gasteiger partial charge in [-0.25, -0.2) is 4.39 Å². The van der Waals surface area contributed by atoms with Crippen molar-refractivity contribution in [1.82, 2.24) is 19.7 Å². The van der Waals surface area contributed by atoms with Gasteiger partial charge in [0.25, 0.3) is 0 Å². The van der Waals surface area contributed by atoms with Crippen molar-refractivity contribution in [3.63, 3.8) is 0 Å². The zero-order valence-electron chi connectivity index (χ0n) is 18.3. The van der Waals surface area contributed by atoms with Crippen molar-refractivity contribution in [2.75, 3.05) is 25.4 Å². The van der Waals surface area contributed by atoms with E-state index in [1.54, 1.807) is 24.0 Å². The molecule has 0 radical (unpaired) electrons. The Labute approximate surface area is 196 Å². The van der Waals surface area contributed by atoms with Gasteiger partial charge in [-0.2, -0.15) is 0 Å². The van der Waals surface area contributed by atoms with Gasteiger partial charge in [0.1, 0.15) is 5.82 Å². The molecule has 4 rings (SSSR count). The van der Waals surface area contributed by atoms with Crippen LogP contribution in [0.25, 0.3) is 17.1 Å². The number of carbonyl (C=O) groups excluding carboxylic acids is 2. The van der Waals surface area contributed by atoms with E-state index in [0.29, 0.717) is 43.5 Å². The SMILES string of the molecule is CCOC(=O)C1CCN(C(=O)CSc2nnc(-c3ccc(F)cc3)n2-c2ccccc2)CC1. The zero-order valence-corrected chi connectivity index (χ0v) is 19.1. The fraction of sp³-hybridized carbons (Fsp3) is 0.333. The van der Waals surface area contributed by atoms with Gasteiger partial charge in [-0.15, -0.1) is 10.2 Å². The topological polar surface area (TPSA) is 77.3 Å². The lowest BCUT2D eigenvalue weighted by Crippen LogP contribution is -2.41. The molecule has 1 aromatic heterocycles. The third kappa shape index (κ3) is 5.42. The summed E-state index contributed by atoms with van der Waals surface area (Å²) in [5.74, 6) is 0.138. The fourth-order valence-electron chi connectivity index (χ4n) is 3.80. The van der Waals surface area contributed by atoms with Crippen LogP contribution >= 0.6 is 11.8 Å². The molecule has 2 aromatic carbocycles. The summed E-state index contributed by atoms with van der Waals surface area (Å²) in [6.07, 6.45) is 1.23. The number of piperidine rings is 1. The molecule has 0 unspecified atom stereocenters. The molecule has 1 saturated heterocycles. The predicted octanol–water partition coefficient (Wildman–Crippen LogP) is 3.97. The lowest BCUT2D eigenvalue weighted by Gasteiger charge is -2.30. The molecule has 1 aliphatic heterocycles. The van der Waals surface area contributed by atoms with E-state index in [4.69, 9.17) is 4.74 Å². The maximum Gasteiger partial charge on any atom is 0.309 e. The van der Waals surface area contributed by atoms with Crippen LogP contribution in [0.4, 0.5) is 4.39 Å². The number of likely N-dealkylation sites (tertiary alicyclic amines) is 1. The molecule has 0 aliphatic carbocycles. The molecule has 3 aromatic rings. The van der Waals surface area contributed by atoms with Crippen LogP contribution in [0, 0.1) is 11.7 Å².